The van der Waals surface area contributed by atoms with Crippen molar-refractivity contribution in [3.8, 4) is 0 Å². The molecule has 0 aliphatic rings. The molecule has 0 aliphatic heterocycles. The molecule has 2 nitrogen and oxygen atoms in total. The fourth-order valence-electron chi connectivity index (χ4n) is 2.60. The molecule has 0 bridgehead atoms. The Balaban J connectivity index is 2.15. The van der Waals surface area contributed by atoms with Crippen molar-refractivity contribution in [3.05, 3.63) is 71.8 Å². The summed E-state index contributed by atoms with van der Waals surface area (Å²) in [4.78, 5) is 24.7. The van der Waals surface area contributed by atoms with Gasteiger partial charge in [0, 0.05) is 11.5 Å². The van der Waals surface area contributed by atoms with Gasteiger partial charge in [0.1, 0.15) is 5.78 Å². The first-order valence-corrected chi connectivity index (χ1v) is 7.25. The van der Waals surface area contributed by atoms with Crippen LogP contribution in [0.4, 0.5) is 0 Å². The van der Waals surface area contributed by atoms with Crippen molar-refractivity contribution in [2.45, 2.75) is 26.2 Å². The van der Waals surface area contributed by atoms with Crippen LogP contribution in [0.15, 0.2) is 60.7 Å². The topological polar surface area (TPSA) is 34.1 Å². The van der Waals surface area contributed by atoms with Crippen LogP contribution < -0.4 is 0 Å². The van der Waals surface area contributed by atoms with E-state index in [0.717, 1.165) is 5.56 Å². The van der Waals surface area contributed by atoms with Crippen molar-refractivity contribution in [1.82, 2.24) is 0 Å². The highest BCUT2D eigenvalue weighted by Crippen LogP contribution is 2.27. The number of hydrogen-bond donors (Lipinski definition) is 0. The number of carbonyl (C=O) groups is 2. The maximum Gasteiger partial charge on any atom is 0.170 e. The molecule has 2 rings (SSSR count). The summed E-state index contributed by atoms with van der Waals surface area (Å²) >= 11 is 0. The third kappa shape index (κ3) is 3.88. The van der Waals surface area contributed by atoms with Crippen molar-refractivity contribution in [3.63, 3.8) is 0 Å². The van der Waals surface area contributed by atoms with Gasteiger partial charge in [-0.25, -0.2) is 0 Å². The van der Waals surface area contributed by atoms with Gasteiger partial charge < -0.3 is 0 Å². The Kier molecular flexibility index (Phi) is 5.04. The minimum Gasteiger partial charge on any atom is -0.299 e. The van der Waals surface area contributed by atoms with Gasteiger partial charge in [0.25, 0.3) is 0 Å². The minimum atomic E-state index is -0.223. The lowest BCUT2D eigenvalue weighted by molar-refractivity contribution is -0.120. The molecule has 2 aromatic carbocycles. The molecule has 0 spiro atoms. The summed E-state index contributed by atoms with van der Waals surface area (Å²) in [7, 11) is 0. The SMILES string of the molecule is CC(C)C(C(=O)CC(=O)c1ccccc1)c1ccccc1. The highest BCUT2D eigenvalue weighted by Gasteiger charge is 2.25. The third-order valence-corrected chi connectivity index (χ3v) is 3.60. The average molecular weight is 280 g/mol. The summed E-state index contributed by atoms with van der Waals surface area (Å²) in [5.41, 5.74) is 1.58. The van der Waals surface area contributed by atoms with E-state index < -0.39 is 0 Å². The number of hydrogen-bond acceptors (Lipinski definition) is 2. The van der Waals surface area contributed by atoms with Crippen LogP contribution in [0.2, 0.25) is 0 Å². The lowest BCUT2D eigenvalue weighted by atomic mass is 9.83. The van der Waals surface area contributed by atoms with Gasteiger partial charge in [-0.2, -0.15) is 0 Å². The summed E-state index contributed by atoms with van der Waals surface area (Å²) in [6.07, 6.45) is -0.0399. The van der Waals surface area contributed by atoms with Gasteiger partial charge in [-0.05, 0) is 11.5 Å². The van der Waals surface area contributed by atoms with Crippen LogP contribution in [0.1, 0.15) is 42.1 Å². The summed E-state index contributed by atoms with van der Waals surface area (Å²) in [5, 5.41) is 0. The van der Waals surface area contributed by atoms with E-state index in [0.29, 0.717) is 5.56 Å². The Morgan fingerprint density at radius 2 is 1.38 bits per heavy atom. The molecule has 1 atom stereocenters. The van der Waals surface area contributed by atoms with Crippen LogP contribution >= 0.6 is 0 Å². The van der Waals surface area contributed by atoms with Crippen LogP contribution in [-0.2, 0) is 4.79 Å². The predicted octanol–water partition coefficient (Wildman–Crippen LogP) is 4.27. The molecule has 0 radical (unpaired) electrons. The van der Waals surface area contributed by atoms with Gasteiger partial charge in [-0.15, -0.1) is 0 Å². The molecule has 0 N–H and O–H groups in total. The summed E-state index contributed by atoms with van der Waals surface area (Å²) in [6.45, 7) is 4.03. The van der Waals surface area contributed by atoms with Crippen LogP contribution in [0.3, 0.4) is 0 Å². The maximum absolute atomic E-state index is 12.5. The number of ketones is 2. The quantitative estimate of drug-likeness (QED) is 0.585. The number of benzene rings is 2. The van der Waals surface area contributed by atoms with Gasteiger partial charge in [-0.3, -0.25) is 9.59 Å². The fraction of sp³-hybridized carbons (Fsp3) is 0.263. The second-order valence-corrected chi connectivity index (χ2v) is 5.56. The predicted molar refractivity (Wildman–Crippen MR) is 84.4 cm³/mol. The van der Waals surface area contributed by atoms with E-state index in [2.05, 4.69) is 0 Å². The van der Waals surface area contributed by atoms with Crippen LogP contribution in [0.25, 0.3) is 0 Å². The second-order valence-electron chi connectivity index (χ2n) is 5.56. The largest absolute Gasteiger partial charge is 0.299 e. The molecule has 0 heterocycles. The number of carbonyl (C=O) groups excluding carboxylic acids is 2. The third-order valence-electron chi connectivity index (χ3n) is 3.60. The molecular formula is C19H20O2. The Labute approximate surface area is 125 Å². The van der Waals surface area contributed by atoms with Crippen LogP contribution in [0, 0.1) is 5.92 Å². The first kappa shape index (κ1) is 15.2. The van der Waals surface area contributed by atoms with Gasteiger partial charge in [0.2, 0.25) is 0 Å². The van der Waals surface area contributed by atoms with Gasteiger partial charge in [-0.1, -0.05) is 74.5 Å². The normalized spacial score (nSPS) is 12.1. The number of rotatable bonds is 6. The van der Waals surface area contributed by atoms with E-state index in [-0.39, 0.29) is 29.8 Å². The van der Waals surface area contributed by atoms with E-state index in [4.69, 9.17) is 0 Å². The standard InChI is InChI=1S/C19H20O2/c1-14(2)19(16-11-7-4-8-12-16)18(21)13-17(20)15-9-5-3-6-10-15/h3-12,14,19H,13H2,1-2H3. The lowest BCUT2D eigenvalue weighted by Gasteiger charge is -2.19. The minimum absolute atomic E-state index is 0.00921. The Morgan fingerprint density at radius 3 is 1.90 bits per heavy atom. The second kappa shape index (κ2) is 6.98. The molecule has 0 saturated carbocycles. The molecule has 0 aromatic heterocycles. The highest BCUT2D eigenvalue weighted by molar-refractivity contribution is 6.09. The molecular weight excluding hydrogens is 260 g/mol. The monoisotopic (exact) mass is 280 g/mol. The van der Waals surface area contributed by atoms with Gasteiger partial charge in [0.15, 0.2) is 5.78 Å². The zero-order valence-electron chi connectivity index (χ0n) is 12.5. The van der Waals surface area contributed by atoms with E-state index in [9.17, 15) is 9.59 Å². The van der Waals surface area contributed by atoms with Gasteiger partial charge in [0.05, 0.1) is 6.42 Å². The van der Waals surface area contributed by atoms with E-state index in [1.165, 1.54) is 0 Å². The first-order chi connectivity index (χ1) is 10.1. The Morgan fingerprint density at radius 1 is 0.857 bits per heavy atom. The van der Waals surface area contributed by atoms with Crippen LogP contribution in [0.5, 0.6) is 0 Å². The summed E-state index contributed by atoms with van der Waals surface area (Å²) < 4.78 is 0. The fourth-order valence-corrected chi connectivity index (χ4v) is 2.60. The zero-order valence-corrected chi connectivity index (χ0v) is 12.5. The first-order valence-electron chi connectivity index (χ1n) is 7.25. The molecule has 0 fully saturated rings. The Bertz CT molecular complexity index is 600. The van der Waals surface area contributed by atoms with E-state index in [1.807, 2.05) is 62.4 Å². The molecule has 0 amide bonds. The van der Waals surface area contributed by atoms with Crippen molar-refractivity contribution in [2.75, 3.05) is 0 Å². The van der Waals surface area contributed by atoms with Crippen molar-refractivity contribution in [2.24, 2.45) is 5.92 Å². The zero-order chi connectivity index (χ0) is 15.2. The lowest BCUT2D eigenvalue weighted by Crippen LogP contribution is -2.21. The summed E-state index contributed by atoms with van der Waals surface area (Å²) in [6, 6.07) is 18.7. The average Bonchev–Trinajstić information content (AvgIpc) is 2.49. The van der Waals surface area contributed by atoms with Crippen LogP contribution in [-0.4, -0.2) is 11.6 Å². The van der Waals surface area contributed by atoms with Crippen molar-refractivity contribution < 1.29 is 9.59 Å². The van der Waals surface area contributed by atoms with Gasteiger partial charge >= 0.3 is 0 Å². The van der Waals surface area contributed by atoms with E-state index >= 15 is 0 Å². The maximum atomic E-state index is 12.5. The molecule has 2 heteroatoms. The molecule has 21 heavy (non-hydrogen) atoms. The molecule has 108 valence electrons. The number of Topliss-reactive ketones (excluding diaryl/α,β-unsaturated/α-hetero) is 2. The smallest absolute Gasteiger partial charge is 0.170 e. The Hall–Kier alpha value is -2.22. The van der Waals surface area contributed by atoms with Crippen molar-refractivity contribution >= 4 is 11.6 Å². The van der Waals surface area contributed by atoms with E-state index in [1.54, 1.807) is 12.1 Å². The summed E-state index contributed by atoms with van der Waals surface area (Å²) in [5.74, 6) is -0.172. The molecule has 0 saturated heterocycles. The molecule has 2 aromatic rings. The highest BCUT2D eigenvalue weighted by atomic mass is 16.1. The molecule has 0 aliphatic carbocycles. The van der Waals surface area contributed by atoms with Crippen molar-refractivity contribution in [1.29, 1.82) is 0 Å². The molecule has 1 unspecified atom stereocenters.